The van der Waals surface area contributed by atoms with Gasteiger partial charge in [-0.05, 0) is 16.8 Å². The van der Waals surface area contributed by atoms with Gasteiger partial charge in [-0.15, -0.1) is 0 Å². The van der Waals surface area contributed by atoms with Gasteiger partial charge in [-0.1, -0.05) is 36.4 Å². The van der Waals surface area contributed by atoms with E-state index in [1.165, 1.54) is 0 Å². The summed E-state index contributed by atoms with van der Waals surface area (Å²) in [6, 6.07) is 13.1. The van der Waals surface area contributed by atoms with E-state index in [2.05, 4.69) is 0 Å². The molecular formula is C11H8O2S. The molecule has 0 amide bonds. The minimum Gasteiger partial charge on any atom is -0.323 e. The first-order valence-electron chi connectivity index (χ1n) is 4.16. The molecule has 0 aliphatic carbocycles. The molecular weight excluding hydrogens is 196 g/mol. The Balaban J connectivity index is 2.71. The molecule has 0 bridgehead atoms. The van der Waals surface area contributed by atoms with E-state index in [-0.39, 0.29) is 17.2 Å². The van der Waals surface area contributed by atoms with Crippen LogP contribution in [-0.2, 0) is 0 Å². The second-order valence-corrected chi connectivity index (χ2v) is 3.46. The van der Waals surface area contributed by atoms with Gasteiger partial charge >= 0.3 is 0 Å². The summed E-state index contributed by atoms with van der Waals surface area (Å²) < 4.78 is 8.71. The lowest BCUT2D eigenvalue weighted by Crippen LogP contribution is -1.93. The number of rotatable bonds is 1. The highest BCUT2D eigenvalue weighted by atomic mass is 32.2. The highest BCUT2D eigenvalue weighted by molar-refractivity contribution is 8.09. The fourth-order valence-corrected chi connectivity index (χ4v) is 1.73. The predicted octanol–water partition coefficient (Wildman–Crippen LogP) is 3.19. The fraction of sp³-hybridized carbons (Fsp3) is 0. The predicted molar refractivity (Wildman–Crippen MR) is 58.5 cm³/mol. The van der Waals surface area contributed by atoms with E-state index >= 15 is 0 Å². The Kier molecular flexibility index (Phi) is 2.52. The van der Waals surface area contributed by atoms with E-state index < -0.39 is 0 Å². The number of carbonyl (C=O) groups is 1. The van der Waals surface area contributed by atoms with Crippen molar-refractivity contribution in [3.63, 3.8) is 0 Å². The molecule has 0 aromatic heterocycles. The quantitative estimate of drug-likeness (QED) is 0.725. The zero-order valence-corrected chi connectivity index (χ0v) is 8.12. The first-order chi connectivity index (χ1) is 6.83. The molecule has 2 rings (SSSR count). The summed E-state index contributed by atoms with van der Waals surface area (Å²) in [5.74, 6) is 0. The Morgan fingerprint density at radius 2 is 1.79 bits per heavy atom. The summed E-state index contributed by atoms with van der Waals surface area (Å²) in [6.07, 6.45) is 0. The van der Waals surface area contributed by atoms with Gasteiger partial charge in [-0.3, -0.25) is 4.79 Å². The van der Waals surface area contributed by atoms with Crippen molar-refractivity contribution in [3.05, 3.63) is 48.0 Å². The zero-order valence-electron chi connectivity index (χ0n) is 7.31. The van der Waals surface area contributed by atoms with Gasteiger partial charge in [0.2, 0.25) is 5.12 Å². The van der Waals surface area contributed by atoms with Crippen molar-refractivity contribution < 1.29 is 9.35 Å². The summed E-state index contributed by atoms with van der Waals surface area (Å²) in [5.41, 5.74) is 0.551. The van der Waals surface area contributed by atoms with Gasteiger partial charge in [-0.25, -0.2) is 0 Å². The van der Waals surface area contributed by atoms with E-state index in [1.807, 2.05) is 36.4 Å². The number of carbonyl (C=O) groups excluding carboxylic acids is 1. The van der Waals surface area contributed by atoms with Crippen LogP contribution in [0, 0.1) is 0 Å². The van der Waals surface area contributed by atoms with E-state index in [9.17, 15) is 4.79 Å². The number of fused-ring (bicyclic) bond motifs is 1. The lowest BCUT2D eigenvalue weighted by Gasteiger charge is -2.02. The molecule has 3 heteroatoms. The minimum atomic E-state index is -0.318. The smallest absolute Gasteiger partial charge is 0.246 e. The summed E-state index contributed by atoms with van der Waals surface area (Å²) in [5, 5.41) is 1.57. The summed E-state index contributed by atoms with van der Waals surface area (Å²) in [7, 11) is 0. The van der Waals surface area contributed by atoms with E-state index in [4.69, 9.17) is 4.55 Å². The van der Waals surface area contributed by atoms with Gasteiger partial charge in [0, 0.05) is 5.56 Å². The van der Waals surface area contributed by atoms with Crippen LogP contribution in [0.4, 0.5) is 0 Å². The lowest BCUT2D eigenvalue weighted by atomic mass is 10.1. The Morgan fingerprint density at radius 3 is 2.57 bits per heavy atom. The summed E-state index contributed by atoms with van der Waals surface area (Å²) in [4.78, 5) is 11.3. The fourth-order valence-electron chi connectivity index (χ4n) is 1.45. The van der Waals surface area contributed by atoms with Crippen LogP contribution in [0.15, 0.2) is 42.5 Å². The highest BCUT2D eigenvalue weighted by Gasteiger charge is 2.08. The summed E-state index contributed by atoms with van der Waals surface area (Å²) >= 11 is 0.254. The molecule has 2 nitrogen and oxygen atoms in total. The average molecular weight is 204 g/mol. The molecule has 2 aromatic carbocycles. The summed E-state index contributed by atoms with van der Waals surface area (Å²) in [6.45, 7) is 0. The van der Waals surface area contributed by atoms with Crippen LogP contribution >= 0.6 is 12.0 Å². The normalized spacial score (nSPS) is 10.4. The number of benzene rings is 2. The van der Waals surface area contributed by atoms with Crippen LogP contribution < -0.4 is 0 Å². The Hall–Kier alpha value is -1.32. The highest BCUT2D eigenvalue weighted by Crippen LogP contribution is 2.21. The average Bonchev–Trinajstić information content (AvgIpc) is 2.27. The molecule has 0 unspecified atom stereocenters. The van der Waals surface area contributed by atoms with Gasteiger partial charge in [0.1, 0.15) is 0 Å². The van der Waals surface area contributed by atoms with Gasteiger partial charge < -0.3 is 4.55 Å². The third-order valence-electron chi connectivity index (χ3n) is 2.09. The SMILES string of the molecule is O=C(SO)c1cccc2ccccc12. The van der Waals surface area contributed by atoms with Crippen LogP contribution in [0.1, 0.15) is 10.4 Å². The molecule has 0 aliphatic heterocycles. The van der Waals surface area contributed by atoms with Crippen molar-refractivity contribution in [1.82, 2.24) is 0 Å². The number of hydrogen-bond donors (Lipinski definition) is 1. The van der Waals surface area contributed by atoms with Crippen LogP contribution in [0.25, 0.3) is 10.8 Å². The lowest BCUT2D eigenvalue weighted by molar-refractivity contribution is 0.108. The van der Waals surface area contributed by atoms with E-state index in [1.54, 1.807) is 6.07 Å². The molecule has 0 aliphatic rings. The molecule has 0 saturated heterocycles. The number of hydrogen-bond acceptors (Lipinski definition) is 3. The van der Waals surface area contributed by atoms with Crippen LogP contribution in [0.2, 0.25) is 0 Å². The molecule has 0 spiro atoms. The topological polar surface area (TPSA) is 37.3 Å². The van der Waals surface area contributed by atoms with Crippen molar-refractivity contribution in [2.24, 2.45) is 0 Å². The Morgan fingerprint density at radius 1 is 1.07 bits per heavy atom. The minimum absolute atomic E-state index is 0.254. The second kappa shape index (κ2) is 3.82. The molecule has 0 saturated carbocycles. The Labute approximate surface area is 85.8 Å². The molecule has 0 heterocycles. The van der Waals surface area contributed by atoms with Crippen molar-refractivity contribution >= 4 is 27.9 Å². The molecule has 0 atom stereocenters. The Bertz CT molecular complexity index is 474. The molecule has 1 N–H and O–H groups in total. The van der Waals surface area contributed by atoms with Crippen LogP contribution in [0.3, 0.4) is 0 Å². The second-order valence-electron chi connectivity index (χ2n) is 2.91. The molecule has 0 fully saturated rings. The zero-order chi connectivity index (χ0) is 9.97. The third kappa shape index (κ3) is 1.52. The molecule has 70 valence electrons. The monoisotopic (exact) mass is 204 g/mol. The van der Waals surface area contributed by atoms with E-state index in [0.29, 0.717) is 5.56 Å². The van der Waals surface area contributed by atoms with Crippen molar-refractivity contribution in [3.8, 4) is 0 Å². The van der Waals surface area contributed by atoms with Gasteiger partial charge in [0.25, 0.3) is 0 Å². The standard InChI is InChI=1S/C11H8O2S/c12-11(14-13)10-7-3-5-8-4-1-2-6-9(8)10/h1-7,13H. The first-order valence-corrected chi connectivity index (χ1v) is 4.94. The molecule has 0 radical (unpaired) electrons. The van der Waals surface area contributed by atoms with Gasteiger partial charge in [-0.2, -0.15) is 0 Å². The molecule has 14 heavy (non-hydrogen) atoms. The van der Waals surface area contributed by atoms with Crippen LogP contribution in [0.5, 0.6) is 0 Å². The van der Waals surface area contributed by atoms with Gasteiger partial charge in [0.15, 0.2) is 0 Å². The van der Waals surface area contributed by atoms with Crippen molar-refractivity contribution in [2.45, 2.75) is 0 Å². The van der Waals surface area contributed by atoms with Crippen molar-refractivity contribution in [2.75, 3.05) is 0 Å². The maximum Gasteiger partial charge on any atom is 0.246 e. The van der Waals surface area contributed by atoms with Crippen molar-refractivity contribution in [1.29, 1.82) is 0 Å². The van der Waals surface area contributed by atoms with E-state index in [0.717, 1.165) is 10.8 Å². The van der Waals surface area contributed by atoms with Gasteiger partial charge in [0.05, 0.1) is 12.0 Å². The maximum absolute atomic E-state index is 11.3. The third-order valence-corrected chi connectivity index (χ3v) is 2.48. The molecule has 2 aromatic rings. The maximum atomic E-state index is 11.3. The first kappa shape index (κ1) is 9.24. The largest absolute Gasteiger partial charge is 0.323 e. The van der Waals surface area contributed by atoms with Crippen LogP contribution in [-0.4, -0.2) is 9.67 Å².